The van der Waals surface area contributed by atoms with Crippen molar-refractivity contribution < 1.29 is 17.2 Å². The number of nitrogens with zero attached hydrogens (tertiary/aromatic N) is 1. The predicted octanol–water partition coefficient (Wildman–Crippen LogP) is 1.56. The van der Waals surface area contributed by atoms with Crippen molar-refractivity contribution in [1.29, 1.82) is 0 Å². The molecule has 1 aliphatic rings. The monoisotopic (exact) mass is 304 g/mol. The first-order chi connectivity index (χ1) is 9.47. The fraction of sp³-hybridized carbons (Fsp3) is 0.538. The van der Waals surface area contributed by atoms with E-state index in [1.807, 2.05) is 0 Å². The molecule has 2 rings (SSSR count). The summed E-state index contributed by atoms with van der Waals surface area (Å²) in [5.41, 5.74) is 0.124. The van der Waals surface area contributed by atoms with Crippen LogP contribution in [0.1, 0.15) is 13.3 Å². The zero-order valence-corrected chi connectivity index (χ0v) is 12.1. The normalized spacial score (nSPS) is 16.4. The Morgan fingerprint density at radius 2 is 1.85 bits per heavy atom. The Hall–Kier alpha value is -1.21. The van der Waals surface area contributed by atoms with Crippen molar-refractivity contribution >= 4 is 15.5 Å². The van der Waals surface area contributed by atoms with E-state index >= 15 is 0 Å². The molecule has 1 aromatic rings. The summed E-state index contributed by atoms with van der Waals surface area (Å²) in [5.74, 6) is -2.53. The van der Waals surface area contributed by atoms with Gasteiger partial charge < -0.3 is 10.2 Å². The molecule has 0 spiro atoms. The molecule has 1 N–H and O–H groups in total. The molecule has 0 unspecified atom stereocenters. The Morgan fingerprint density at radius 1 is 1.20 bits per heavy atom. The third kappa shape index (κ3) is 2.93. The van der Waals surface area contributed by atoms with Crippen molar-refractivity contribution in [2.75, 3.05) is 36.8 Å². The van der Waals surface area contributed by atoms with Gasteiger partial charge in [0.05, 0.1) is 11.4 Å². The molecule has 1 aromatic carbocycles. The van der Waals surface area contributed by atoms with Gasteiger partial charge in [-0.25, -0.2) is 17.2 Å². The summed E-state index contributed by atoms with van der Waals surface area (Å²) in [6.07, 6.45) is 0.364. The summed E-state index contributed by atoms with van der Waals surface area (Å²) in [5, 5.41) is 3.12. The van der Waals surface area contributed by atoms with Crippen LogP contribution in [-0.2, 0) is 9.84 Å². The minimum atomic E-state index is -3.76. The number of hydrogen-bond acceptors (Lipinski definition) is 4. The lowest BCUT2D eigenvalue weighted by molar-refractivity contribution is 0.478. The zero-order chi connectivity index (χ0) is 14.8. The number of benzene rings is 1. The highest BCUT2D eigenvalue weighted by molar-refractivity contribution is 7.91. The summed E-state index contributed by atoms with van der Waals surface area (Å²) in [7, 11) is -3.76. The van der Waals surface area contributed by atoms with Gasteiger partial charge in [-0.1, -0.05) is 6.92 Å². The SMILES string of the molecule is CCCS(=O)(=O)c1ccc(N2CCNCC2)c(F)c1F. The summed E-state index contributed by atoms with van der Waals surface area (Å²) in [6, 6.07) is 2.52. The summed E-state index contributed by atoms with van der Waals surface area (Å²) < 4.78 is 51.9. The van der Waals surface area contributed by atoms with Crippen molar-refractivity contribution in [3.05, 3.63) is 23.8 Å². The smallest absolute Gasteiger partial charge is 0.183 e. The van der Waals surface area contributed by atoms with Gasteiger partial charge in [0.1, 0.15) is 4.90 Å². The Balaban J connectivity index is 2.38. The highest BCUT2D eigenvalue weighted by Crippen LogP contribution is 2.27. The van der Waals surface area contributed by atoms with Crippen LogP contribution in [0.15, 0.2) is 17.0 Å². The van der Waals surface area contributed by atoms with E-state index in [9.17, 15) is 17.2 Å². The third-order valence-electron chi connectivity index (χ3n) is 3.29. The van der Waals surface area contributed by atoms with Gasteiger partial charge in [0.25, 0.3) is 0 Å². The van der Waals surface area contributed by atoms with Gasteiger partial charge in [0.15, 0.2) is 21.5 Å². The van der Waals surface area contributed by atoms with E-state index in [-0.39, 0.29) is 11.4 Å². The lowest BCUT2D eigenvalue weighted by atomic mass is 10.2. The molecule has 112 valence electrons. The van der Waals surface area contributed by atoms with E-state index in [0.29, 0.717) is 32.6 Å². The second-order valence-corrected chi connectivity index (χ2v) is 6.84. The molecule has 1 heterocycles. The highest BCUT2D eigenvalue weighted by atomic mass is 32.2. The molecule has 0 saturated carbocycles. The summed E-state index contributed by atoms with van der Waals surface area (Å²) in [4.78, 5) is 1.17. The molecule has 1 fully saturated rings. The van der Waals surface area contributed by atoms with E-state index in [4.69, 9.17) is 0 Å². The number of hydrogen-bond donors (Lipinski definition) is 1. The Morgan fingerprint density at radius 3 is 2.45 bits per heavy atom. The minimum Gasteiger partial charge on any atom is -0.367 e. The lowest BCUT2D eigenvalue weighted by Crippen LogP contribution is -2.44. The van der Waals surface area contributed by atoms with Crippen molar-refractivity contribution in [2.24, 2.45) is 0 Å². The Bertz CT molecular complexity index is 584. The fourth-order valence-corrected chi connectivity index (χ4v) is 3.69. The van der Waals surface area contributed by atoms with Crippen LogP contribution in [0, 0.1) is 11.6 Å². The van der Waals surface area contributed by atoms with Gasteiger partial charge in [-0.3, -0.25) is 0 Å². The molecule has 1 aliphatic heterocycles. The molecule has 0 radical (unpaired) electrons. The zero-order valence-electron chi connectivity index (χ0n) is 11.3. The maximum Gasteiger partial charge on any atom is 0.183 e. The fourth-order valence-electron chi connectivity index (χ4n) is 2.29. The molecular weight excluding hydrogens is 286 g/mol. The quantitative estimate of drug-likeness (QED) is 0.917. The van der Waals surface area contributed by atoms with Crippen LogP contribution in [0.4, 0.5) is 14.5 Å². The standard InChI is InChI=1S/C13H18F2N2O2S/c1-2-9-20(18,19)11-4-3-10(12(14)13(11)15)17-7-5-16-6-8-17/h3-4,16H,2,5-9H2,1H3. The van der Waals surface area contributed by atoms with Crippen LogP contribution in [-0.4, -0.2) is 40.3 Å². The molecule has 1 saturated heterocycles. The third-order valence-corrected chi connectivity index (χ3v) is 5.22. The first-order valence-corrected chi connectivity index (χ1v) is 8.29. The maximum atomic E-state index is 14.1. The van der Waals surface area contributed by atoms with Crippen LogP contribution < -0.4 is 10.2 Å². The van der Waals surface area contributed by atoms with Crippen molar-refractivity contribution in [1.82, 2.24) is 5.32 Å². The molecule has 20 heavy (non-hydrogen) atoms. The van der Waals surface area contributed by atoms with Gasteiger partial charge in [0.2, 0.25) is 0 Å². The first-order valence-electron chi connectivity index (χ1n) is 6.64. The van der Waals surface area contributed by atoms with E-state index in [2.05, 4.69) is 5.32 Å². The van der Waals surface area contributed by atoms with Crippen molar-refractivity contribution in [2.45, 2.75) is 18.2 Å². The molecule has 4 nitrogen and oxygen atoms in total. The van der Waals surface area contributed by atoms with Crippen LogP contribution in [0.25, 0.3) is 0 Å². The summed E-state index contributed by atoms with van der Waals surface area (Å²) in [6.45, 7) is 4.20. The molecule has 7 heteroatoms. The Kier molecular flexibility index (Phi) is 4.59. The van der Waals surface area contributed by atoms with E-state index in [1.165, 1.54) is 12.1 Å². The number of piperazine rings is 1. The molecule has 0 bridgehead atoms. The van der Waals surface area contributed by atoms with Crippen LogP contribution in [0.5, 0.6) is 0 Å². The predicted molar refractivity (Wildman–Crippen MR) is 73.8 cm³/mol. The number of rotatable bonds is 4. The minimum absolute atomic E-state index is 0.124. The number of anilines is 1. The van der Waals surface area contributed by atoms with Gasteiger partial charge in [-0.2, -0.15) is 0 Å². The second kappa shape index (κ2) is 6.05. The lowest BCUT2D eigenvalue weighted by Gasteiger charge is -2.29. The maximum absolute atomic E-state index is 14.1. The van der Waals surface area contributed by atoms with Crippen molar-refractivity contribution in [3.63, 3.8) is 0 Å². The van der Waals surface area contributed by atoms with E-state index in [1.54, 1.807) is 11.8 Å². The average Bonchev–Trinajstić information content (AvgIpc) is 2.42. The van der Waals surface area contributed by atoms with Gasteiger partial charge >= 0.3 is 0 Å². The molecule has 0 aliphatic carbocycles. The highest BCUT2D eigenvalue weighted by Gasteiger charge is 2.25. The topological polar surface area (TPSA) is 49.4 Å². The van der Waals surface area contributed by atoms with Crippen LogP contribution in [0.3, 0.4) is 0 Å². The molecule has 0 amide bonds. The van der Waals surface area contributed by atoms with E-state index < -0.39 is 26.4 Å². The second-order valence-electron chi connectivity index (χ2n) is 4.77. The number of halogens is 2. The van der Waals surface area contributed by atoms with E-state index in [0.717, 1.165) is 0 Å². The summed E-state index contributed by atoms with van der Waals surface area (Å²) >= 11 is 0. The van der Waals surface area contributed by atoms with Gasteiger partial charge in [-0.15, -0.1) is 0 Å². The van der Waals surface area contributed by atoms with Gasteiger partial charge in [-0.05, 0) is 18.6 Å². The molecule has 0 aromatic heterocycles. The molecule has 0 atom stereocenters. The molecular formula is C13H18F2N2O2S. The van der Waals surface area contributed by atoms with Gasteiger partial charge in [0, 0.05) is 26.2 Å². The largest absolute Gasteiger partial charge is 0.367 e. The van der Waals surface area contributed by atoms with Crippen LogP contribution >= 0.6 is 0 Å². The Labute approximate surface area is 117 Å². The number of nitrogens with one attached hydrogen (secondary N) is 1. The van der Waals surface area contributed by atoms with Crippen LogP contribution in [0.2, 0.25) is 0 Å². The average molecular weight is 304 g/mol. The van der Waals surface area contributed by atoms with Crippen molar-refractivity contribution in [3.8, 4) is 0 Å². The number of sulfone groups is 1. The first kappa shape index (κ1) is 15.2.